The molecule has 0 amide bonds. The van der Waals surface area contributed by atoms with Gasteiger partial charge in [0.1, 0.15) is 0 Å². The van der Waals surface area contributed by atoms with Gasteiger partial charge in [0.05, 0.1) is 5.69 Å². The zero-order chi connectivity index (χ0) is 16.4. The van der Waals surface area contributed by atoms with Crippen LogP contribution in [-0.2, 0) is 0 Å². The van der Waals surface area contributed by atoms with E-state index in [0.717, 1.165) is 11.4 Å². The lowest BCUT2D eigenvalue weighted by Crippen LogP contribution is -2.19. The van der Waals surface area contributed by atoms with Gasteiger partial charge < -0.3 is 14.4 Å². The van der Waals surface area contributed by atoms with Gasteiger partial charge in [-0.2, -0.15) is 15.0 Å². The molecule has 0 saturated heterocycles. The Morgan fingerprint density at radius 1 is 0.739 bits per heavy atom. The fourth-order valence-electron chi connectivity index (χ4n) is 2.25. The van der Waals surface area contributed by atoms with E-state index in [4.69, 9.17) is 0 Å². The van der Waals surface area contributed by atoms with Gasteiger partial charge in [-0.3, -0.25) is 0 Å². The van der Waals surface area contributed by atoms with Gasteiger partial charge in [0.15, 0.2) is 5.82 Å². The topological polar surface area (TPSA) is 50.1 Å². The van der Waals surface area contributed by atoms with Crippen molar-refractivity contribution in [3.05, 3.63) is 48.7 Å². The van der Waals surface area contributed by atoms with E-state index in [9.17, 15) is 0 Å². The molecule has 3 rings (SSSR count). The number of anilines is 2. The Hall–Kier alpha value is -2.89. The van der Waals surface area contributed by atoms with E-state index in [1.165, 1.54) is 0 Å². The highest BCUT2D eigenvalue weighted by Gasteiger charge is 2.14. The summed E-state index contributed by atoms with van der Waals surface area (Å²) < 4.78 is 2.08. The molecule has 3 aromatic rings. The molecule has 2 heterocycles. The normalized spacial score (nSPS) is 10.6. The third kappa shape index (κ3) is 3.01. The SMILES string of the molecule is CN(C)c1nc(-c2cccn2-c2ccccc2)nc(N(C)C)n1. The molecule has 1 aromatic carbocycles. The van der Waals surface area contributed by atoms with Crippen molar-refractivity contribution < 1.29 is 0 Å². The van der Waals surface area contributed by atoms with Crippen LogP contribution in [0.5, 0.6) is 0 Å². The first-order valence-corrected chi connectivity index (χ1v) is 7.40. The van der Waals surface area contributed by atoms with Crippen molar-refractivity contribution in [3.63, 3.8) is 0 Å². The zero-order valence-corrected chi connectivity index (χ0v) is 13.8. The third-order valence-electron chi connectivity index (χ3n) is 3.42. The molecule has 2 aromatic heterocycles. The summed E-state index contributed by atoms with van der Waals surface area (Å²) in [7, 11) is 7.70. The second-order valence-corrected chi connectivity index (χ2v) is 5.65. The lowest BCUT2D eigenvalue weighted by atomic mass is 10.3. The molecule has 0 fully saturated rings. The minimum absolute atomic E-state index is 0.638. The largest absolute Gasteiger partial charge is 0.347 e. The van der Waals surface area contributed by atoms with E-state index in [0.29, 0.717) is 17.7 Å². The quantitative estimate of drug-likeness (QED) is 0.741. The van der Waals surface area contributed by atoms with E-state index in [2.05, 4.69) is 31.7 Å². The van der Waals surface area contributed by atoms with Crippen LogP contribution in [0.25, 0.3) is 17.2 Å². The van der Waals surface area contributed by atoms with Crippen LogP contribution in [0.2, 0.25) is 0 Å². The van der Waals surface area contributed by atoms with Crippen LogP contribution >= 0.6 is 0 Å². The number of nitrogens with zero attached hydrogens (tertiary/aromatic N) is 6. The molecule has 118 valence electrons. The van der Waals surface area contributed by atoms with Crippen LogP contribution in [0.15, 0.2) is 48.7 Å². The standard InChI is InChI=1S/C17H20N6/c1-21(2)16-18-15(19-17(20-16)22(3)4)14-11-8-12-23(14)13-9-6-5-7-10-13/h5-12H,1-4H3. The predicted molar refractivity (Wildman–Crippen MR) is 93.2 cm³/mol. The number of hydrogen-bond donors (Lipinski definition) is 0. The van der Waals surface area contributed by atoms with Gasteiger partial charge in [0, 0.05) is 40.1 Å². The van der Waals surface area contributed by atoms with Gasteiger partial charge >= 0.3 is 0 Å². The van der Waals surface area contributed by atoms with Crippen molar-refractivity contribution in [1.29, 1.82) is 0 Å². The van der Waals surface area contributed by atoms with Gasteiger partial charge in [0.25, 0.3) is 0 Å². The summed E-state index contributed by atoms with van der Waals surface area (Å²) in [5.41, 5.74) is 2.01. The molecule has 0 atom stereocenters. The van der Waals surface area contributed by atoms with Crippen LogP contribution in [0.3, 0.4) is 0 Å². The molecule has 0 aliphatic rings. The fourth-order valence-corrected chi connectivity index (χ4v) is 2.25. The van der Waals surface area contributed by atoms with Crippen molar-refractivity contribution in [3.8, 4) is 17.2 Å². The summed E-state index contributed by atoms with van der Waals surface area (Å²) in [4.78, 5) is 17.4. The molecule has 0 bridgehead atoms. The summed E-state index contributed by atoms with van der Waals surface area (Å²) in [6.45, 7) is 0. The molecule has 0 spiro atoms. The first-order valence-electron chi connectivity index (χ1n) is 7.40. The zero-order valence-electron chi connectivity index (χ0n) is 13.8. The Kier molecular flexibility index (Phi) is 3.97. The van der Waals surface area contributed by atoms with Gasteiger partial charge in [-0.25, -0.2) is 0 Å². The van der Waals surface area contributed by atoms with Crippen LogP contribution < -0.4 is 9.80 Å². The molecular formula is C17H20N6. The van der Waals surface area contributed by atoms with Gasteiger partial charge in [0.2, 0.25) is 11.9 Å². The molecule has 6 heteroatoms. The molecular weight excluding hydrogens is 288 g/mol. The van der Waals surface area contributed by atoms with Crippen LogP contribution in [-0.4, -0.2) is 47.7 Å². The smallest absolute Gasteiger partial charge is 0.230 e. The molecule has 0 radical (unpaired) electrons. The predicted octanol–water partition coefficient (Wildman–Crippen LogP) is 2.46. The summed E-state index contributed by atoms with van der Waals surface area (Å²) >= 11 is 0. The third-order valence-corrected chi connectivity index (χ3v) is 3.42. The van der Waals surface area contributed by atoms with Gasteiger partial charge in [-0.05, 0) is 24.3 Å². The summed E-state index contributed by atoms with van der Waals surface area (Å²) in [5.74, 6) is 1.93. The Morgan fingerprint density at radius 2 is 1.35 bits per heavy atom. The van der Waals surface area contributed by atoms with Gasteiger partial charge in [-0.15, -0.1) is 0 Å². The minimum atomic E-state index is 0.638. The van der Waals surface area contributed by atoms with E-state index in [1.54, 1.807) is 0 Å². The Balaban J connectivity index is 2.14. The average Bonchev–Trinajstić information content (AvgIpc) is 3.04. The van der Waals surface area contributed by atoms with Crippen molar-refractivity contribution >= 4 is 11.9 Å². The molecule has 0 unspecified atom stereocenters. The molecule has 0 aliphatic carbocycles. The highest BCUT2D eigenvalue weighted by Crippen LogP contribution is 2.23. The summed E-state index contributed by atoms with van der Waals surface area (Å²) in [6.07, 6.45) is 2.01. The first-order chi connectivity index (χ1) is 11.1. The highest BCUT2D eigenvalue weighted by molar-refractivity contribution is 5.58. The molecule has 23 heavy (non-hydrogen) atoms. The maximum absolute atomic E-state index is 4.60. The van der Waals surface area contributed by atoms with Gasteiger partial charge in [-0.1, -0.05) is 18.2 Å². The lowest BCUT2D eigenvalue weighted by Gasteiger charge is -2.17. The first kappa shape index (κ1) is 15.0. The number of aromatic nitrogens is 4. The summed E-state index contributed by atoms with van der Waals surface area (Å²) in [6, 6.07) is 14.2. The number of hydrogen-bond acceptors (Lipinski definition) is 5. The second kappa shape index (κ2) is 6.08. The minimum Gasteiger partial charge on any atom is -0.347 e. The maximum atomic E-state index is 4.60. The number of para-hydroxylation sites is 1. The monoisotopic (exact) mass is 308 g/mol. The molecule has 6 nitrogen and oxygen atoms in total. The van der Waals surface area contributed by atoms with Crippen LogP contribution in [0.1, 0.15) is 0 Å². The highest BCUT2D eigenvalue weighted by atomic mass is 15.3. The average molecular weight is 308 g/mol. The van der Waals surface area contributed by atoms with Crippen LogP contribution in [0.4, 0.5) is 11.9 Å². The summed E-state index contributed by atoms with van der Waals surface area (Å²) in [5, 5.41) is 0. The van der Waals surface area contributed by atoms with E-state index in [1.807, 2.05) is 74.5 Å². The van der Waals surface area contributed by atoms with Crippen molar-refractivity contribution in [1.82, 2.24) is 19.5 Å². The Labute approximate surface area is 136 Å². The molecule has 0 aliphatic heterocycles. The van der Waals surface area contributed by atoms with Crippen molar-refractivity contribution in [2.45, 2.75) is 0 Å². The number of benzene rings is 1. The second-order valence-electron chi connectivity index (χ2n) is 5.65. The fraction of sp³-hybridized carbons (Fsp3) is 0.235. The molecule has 0 saturated carbocycles. The van der Waals surface area contributed by atoms with Crippen LogP contribution in [0, 0.1) is 0 Å². The molecule has 0 N–H and O–H groups in total. The lowest BCUT2D eigenvalue weighted by molar-refractivity contribution is 0.911. The van der Waals surface area contributed by atoms with E-state index in [-0.39, 0.29) is 0 Å². The Bertz CT molecular complexity index is 766. The Morgan fingerprint density at radius 3 is 1.91 bits per heavy atom. The maximum Gasteiger partial charge on any atom is 0.230 e. The van der Waals surface area contributed by atoms with E-state index >= 15 is 0 Å². The van der Waals surface area contributed by atoms with Crippen molar-refractivity contribution in [2.24, 2.45) is 0 Å². The number of rotatable bonds is 4. The van der Waals surface area contributed by atoms with E-state index < -0.39 is 0 Å². The van der Waals surface area contributed by atoms with Crippen molar-refractivity contribution in [2.75, 3.05) is 38.0 Å².